The molecule has 0 bridgehead atoms. The van der Waals surface area contributed by atoms with Crippen LogP contribution in [-0.4, -0.2) is 34.2 Å². The van der Waals surface area contributed by atoms with Gasteiger partial charge >= 0.3 is 0 Å². The molecule has 1 atom stereocenters. The summed E-state index contributed by atoms with van der Waals surface area (Å²) >= 11 is 0. The zero-order valence-electron chi connectivity index (χ0n) is 14.0. The zero-order valence-corrected chi connectivity index (χ0v) is 14.0. The maximum atomic E-state index is 13.9. The first-order valence-corrected chi connectivity index (χ1v) is 8.47. The van der Waals surface area contributed by atoms with Gasteiger partial charge in [-0.2, -0.15) is 5.10 Å². The summed E-state index contributed by atoms with van der Waals surface area (Å²) < 4.78 is 13.9. The SMILES string of the molecule is O=C(Nc1cc(-c2cccnc2)[nH]n1)C1CCN(c2ccccc2F)C1. The standard InChI is InChI=1S/C19H18FN5O/c20-15-5-1-2-6-17(15)25-9-7-14(12-25)19(26)22-18-10-16(23-24-18)13-4-3-8-21-11-13/h1-6,8,10-11,14H,7,9,12H2,(H2,22,23,24,26). The number of nitrogens with one attached hydrogen (secondary N) is 2. The van der Waals surface area contributed by atoms with E-state index in [1.54, 1.807) is 36.7 Å². The molecule has 3 aromatic rings. The number of carbonyl (C=O) groups is 1. The molecule has 7 heteroatoms. The van der Waals surface area contributed by atoms with E-state index in [9.17, 15) is 9.18 Å². The van der Waals surface area contributed by atoms with Gasteiger partial charge in [0.15, 0.2) is 5.82 Å². The van der Waals surface area contributed by atoms with Crippen LogP contribution in [0.1, 0.15) is 6.42 Å². The van der Waals surface area contributed by atoms with Gasteiger partial charge in [0, 0.05) is 37.1 Å². The highest BCUT2D eigenvalue weighted by molar-refractivity contribution is 5.93. The van der Waals surface area contributed by atoms with Crippen molar-refractivity contribution in [3.63, 3.8) is 0 Å². The number of hydrogen-bond donors (Lipinski definition) is 2. The number of halogens is 1. The van der Waals surface area contributed by atoms with E-state index in [4.69, 9.17) is 0 Å². The summed E-state index contributed by atoms with van der Waals surface area (Å²) in [6.45, 7) is 1.15. The van der Waals surface area contributed by atoms with Crippen LogP contribution >= 0.6 is 0 Å². The fourth-order valence-corrected chi connectivity index (χ4v) is 3.19. The number of aromatic amines is 1. The van der Waals surface area contributed by atoms with Crippen molar-refractivity contribution in [3.05, 3.63) is 60.7 Å². The highest BCUT2D eigenvalue weighted by atomic mass is 19.1. The van der Waals surface area contributed by atoms with Crippen molar-refractivity contribution in [1.29, 1.82) is 0 Å². The summed E-state index contributed by atoms with van der Waals surface area (Å²) in [6.07, 6.45) is 4.10. The summed E-state index contributed by atoms with van der Waals surface area (Å²) in [7, 11) is 0. The number of pyridine rings is 1. The Morgan fingerprint density at radius 2 is 2.15 bits per heavy atom. The summed E-state index contributed by atoms with van der Waals surface area (Å²) in [5.41, 5.74) is 2.22. The molecule has 0 spiro atoms. The molecule has 3 heterocycles. The normalized spacial score (nSPS) is 16.7. The highest BCUT2D eigenvalue weighted by Gasteiger charge is 2.30. The van der Waals surface area contributed by atoms with Gasteiger partial charge in [0.25, 0.3) is 0 Å². The molecule has 1 saturated heterocycles. The van der Waals surface area contributed by atoms with Crippen molar-refractivity contribution in [3.8, 4) is 11.3 Å². The molecule has 2 aromatic heterocycles. The Balaban J connectivity index is 1.40. The summed E-state index contributed by atoms with van der Waals surface area (Å²) in [5, 5.41) is 9.87. The van der Waals surface area contributed by atoms with Gasteiger partial charge in [-0.3, -0.25) is 14.9 Å². The lowest BCUT2D eigenvalue weighted by Gasteiger charge is -2.18. The molecule has 1 fully saturated rings. The molecule has 0 aliphatic carbocycles. The van der Waals surface area contributed by atoms with E-state index in [2.05, 4.69) is 20.5 Å². The minimum absolute atomic E-state index is 0.104. The molecule has 0 saturated carbocycles. The summed E-state index contributed by atoms with van der Waals surface area (Å²) in [6, 6.07) is 12.2. The van der Waals surface area contributed by atoms with Gasteiger partial charge < -0.3 is 10.2 Å². The average molecular weight is 351 g/mol. The number of anilines is 2. The first kappa shape index (κ1) is 16.3. The lowest BCUT2D eigenvalue weighted by atomic mass is 10.1. The van der Waals surface area contributed by atoms with E-state index in [1.165, 1.54) is 6.07 Å². The monoisotopic (exact) mass is 351 g/mol. The van der Waals surface area contributed by atoms with E-state index in [1.807, 2.05) is 17.0 Å². The van der Waals surface area contributed by atoms with Crippen molar-refractivity contribution in [2.75, 3.05) is 23.3 Å². The van der Waals surface area contributed by atoms with E-state index in [-0.39, 0.29) is 17.6 Å². The number of aromatic nitrogens is 3. The van der Waals surface area contributed by atoms with E-state index in [0.29, 0.717) is 31.0 Å². The van der Waals surface area contributed by atoms with Crippen molar-refractivity contribution >= 4 is 17.4 Å². The topological polar surface area (TPSA) is 73.9 Å². The number of H-pyrrole nitrogens is 1. The van der Waals surface area contributed by atoms with Gasteiger partial charge in [-0.1, -0.05) is 12.1 Å². The number of carbonyl (C=O) groups excluding carboxylic acids is 1. The maximum absolute atomic E-state index is 13.9. The lowest BCUT2D eigenvalue weighted by molar-refractivity contribution is -0.119. The number of nitrogens with zero attached hydrogens (tertiary/aromatic N) is 3. The summed E-state index contributed by atoms with van der Waals surface area (Å²) in [5.74, 6) is -0.0959. The van der Waals surface area contributed by atoms with E-state index in [0.717, 1.165) is 11.3 Å². The van der Waals surface area contributed by atoms with Crippen molar-refractivity contribution in [2.24, 2.45) is 5.92 Å². The molecule has 1 aliphatic rings. The largest absolute Gasteiger partial charge is 0.368 e. The number of amides is 1. The van der Waals surface area contributed by atoms with Gasteiger partial charge in [0.1, 0.15) is 5.82 Å². The minimum atomic E-state index is -0.262. The average Bonchev–Trinajstić information content (AvgIpc) is 3.33. The third kappa shape index (κ3) is 3.28. The van der Waals surface area contributed by atoms with Crippen LogP contribution in [0.4, 0.5) is 15.9 Å². The Morgan fingerprint density at radius 1 is 1.27 bits per heavy atom. The molecule has 1 aromatic carbocycles. The van der Waals surface area contributed by atoms with Crippen LogP contribution in [0, 0.1) is 11.7 Å². The lowest BCUT2D eigenvalue weighted by Crippen LogP contribution is -2.27. The molecule has 1 amide bonds. The Morgan fingerprint density at radius 3 is 2.96 bits per heavy atom. The van der Waals surface area contributed by atoms with Crippen LogP contribution in [0.25, 0.3) is 11.3 Å². The van der Waals surface area contributed by atoms with Crippen LogP contribution < -0.4 is 10.2 Å². The van der Waals surface area contributed by atoms with Crippen LogP contribution in [-0.2, 0) is 4.79 Å². The van der Waals surface area contributed by atoms with Crippen molar-refractivity contribution < 1.29 is 9.18 Å². The third-order valence-electron chi connectivity index (χ3n) is 4.55. The molecule has 2 N–H and O–H groups in total. The van der Waals surface area contributed by atoms with Gasteiger partial charge in [-0.15, -0.1) is 0 Å². The quantitative estimate of drug-likeness (QED) is 0.758. The molecule has 4 rings (SSSR count). The predicted molar refractivity (Wildman–Crippen MR) is 97.2 cm³/mol. The molecule has 1 aliphatic heterocycles. The zero-order chi connectivity index (χ0) is 17.9. The Hall–Kier alpha value is -3.22. The molecule has 26 heavy (non-hydrogen) atoms. The molecular weight excluding hydrogens is 333 g/mol. The number of para-hydroxylation sites is 1. The van der Waals surface area contributed by atoms with Crippen LogP contribution in [0.2, 0.25) is 0 Å². The number of rotatable bonds is 4. The first-order chi connectivity index (χ1) is 12.7. The molecule has 0 radical (unpaired) electrons. The Bertz CT molecular complexity index is 911. The number of benzene rings is 1. The van der Waals surface area contributed by atoms with Gasteiger partial charge in [0.2, 0.25) is 5.91 Å². The number of hydrogen-bond acceptors (Lipinski definition) is 4. The van der Waals surface area contributed by atoms with Crippen molar-refractivity contribution in [1.82, 2.24) is 15.2 Å². The van der Waals surface area contributed by atoms with Crippen LogP contribution in [0.3, 0.4) is 0 Å². The van der Waals surface area contributed by atoms with Crippen LogP contribution in [0.5, 0.6) is 0 Å². The van der Waals surface area contributed by atoms with Gasteiger partial charge in [-0.25, -0.2) is 4.39 Å². The Kier molecular flexibility index (Phi) is 4.35. The fourth-order valence-electron chi connectivity index (χ4n) is 3.19. The molecule has 1 unspecified atom stereocenters. The maximum Gasteiger partial charge on any atom is 0.230 e. The smallest absolute Gasteiger partial charge is 0.230 e. The fraction of sp³-hybridized carbons (Fsp3) is 0.211. The van der Waals surface area contributed by atoms with Crippen molar-refractivity contribution in [2.45, 2.75) is 6.42 Å². The minimum Gasteiger partial charge on any atom is -0.368 e. The Labute approximate surface area is 150 Å². The van der Waals surface area contributed by atoms with Gasteiger partial charge in [0.05, 0.1) is 17.3 Å². The third-order valence-corrected chi connectivity index (χ3v) is 4.55. The second kappa shape index (κ2) is 6.95. The molecular formula is C19H18FN5O. The first-order valence-electron chi connectivity index (χ1n) is 8.47. The van der Waals surface area contributed by atoms with Gasteiger partial charge in [-0.05, 0) is 30.7 Å². The predicted octanol–water partition coefficient (Wildman–Crippen LogP) is 3.08. The van der Waals surface area contributed by atoms with E-state index >= 15 is 0 Å². The summed E-state index contributed by atoms with van der Waals surface area (Å²) in [4.78, 5) is 18.5. The van der Waals surface area contributed by atoms with E-state index < -0.39 is 0 Å². The highest BCUT2D eigenvalue weighted by Crippen LogP contribution is 2.27. The molecule has 132 valence electrons. The second-order valence-corrected chi connectivity index (χ2v) is 6.28. The molecule has 6 nitrogen and oxygen atoms in total. The van der Waals surface area contributed by atoms with Crippen LogP contribution in [0.15, 0.2) is 54.9 Å². The second-order valence-electron chi connectivity index (χ2n) is 6.28.